The maximum atomic E-state index is 12.8. The molecule has 0 aliphatic heterocycles. The van der Waals surface area contributed by atoms with Gasteiger partial charge in [-0.2, -0.15) is 26.7 Å². The summed E-state index contributed by atoms with van der Waals surface area (Å²) in [5, 5.41) is 6.70. The van der Waals surface area contributed by atoms with Gasteiger partial charge in [-0.3, -0.25) is 9.73 Å². The molecular weight excluding hydrogens is 450 g/mol. The smallest absolute Gasteiger partial charge is 0.275 e. The molecule has 1 N–H and O–H groups in total. The molecule has 158 valence electrons. The van der Waals surface area contributed by atoms with Gasteiger partial charge >= 0.3 is 15.5 Å². The second kappa shape index (κ2) is 8.81. The van der Waals surface area contributed by atoms with E-state index in [1.807, 2.05) is 6.92 Å². The number of nitrogens with one attached hydrogen (secondary N) is 1. The number of hydrogen-bond acceptors (Lipinski definition) is 4. The highest BCUT2D eigenvalue weighted by molar-refractivity contribution is 7.93. The number of benzene rings is 2. The summed E-state index contributed by atoms with van der Waals surface area (Å²) in [5.74, 6) is 0. The number of halogens is 5. The van der Waals surface area contributed by atoms with Crippen molar-refractivity contribution < 1.29 is 21.6 Å². The summed E-state index contributed by atoms with van der Waals surface area (Å²) in [4.78, 5) is 0. The average Bonchev–Trinajstić information content (AvgIpc) is 2.62. The van der Waals surface area contributed by atoms with Crippen LogP contribution in [0.1, 0.15) is 25.0 Å². The van der Waals surface area contributed by atoms with Crippen molar-refractivity contribution in [2.24, 2.45) is 5.10 Å². The van der Waals surface area contributed by atoms with Gasteiger partial charge in [-0.15, -0.1) is 0 Å². The van der Waals surface area contributed by atoms with Gasteiger partial charge in [0.05, 0.1) is 27.1 Å². The van der Waals surface area contributed by atoms with E-state index in [2.05, 4.69) is 5.10 Å². The van der Waals surface area contributed by atoms with Gasteiger partial charge in [-0.25, -0.2) is 0 Å². The molecule has 0 fully saturated rings. The van der Waals surface area contributed by atoms with E-state index in [1.54, 1.807) is 47.8 Å². The van der Waals surface area contributed by atoms with Crippen molar-refractivity contribution in [1.82, 2.24) is 0 Å². The molecule has 0 spiro atoms. The molecule has 2 aromatic carbocycles. The Morgan fingerprint density at radius 3 is 2.34 bits per heavy atom. The van der Waals surface area contributed by atoms with Gasteiger partial charge < -0.3 is 0 Å². The lowest BCUT2D eigenvalue weighted by molar-refractivity contribution is -0.0429. The topological polar surface area (TPSA) is 61.8 Å². The van der Waals surface area contributed by atoms with E-state index in [1.165, 1.54) is 12.1 Å². The minimum absolute atomic E-state index is 0.219. The van der Waals surface area contributed by atoms with Gasteiger partial charge in [0.1, 0.15) is 0 Å². The van der Waals surface area contributed by atoms with Crippen LogP contribution in [0.25, 0.3) is 0 Å². The normalized spacial score (nSPS) is 12.8. The molecule has 0 bridgehead atoms. The van der Waals surface area contributed by atoms with Gasteiger partial charge in [-0.1, -0.05) is 34.8 Å². The summed E-state index contributed by atoms with van der Waals surface area (Å²) in [6, 6.07) is 9.22. The SMILES string of the molecule is CCN(/N=C(\C)c1cc(C)ccc1NS(=O)(=O)C(F)(F)F)c1ccc(Cl)c(Cl)c1. The predicted octanol–water partition coefficient (Wildman–Crippen LogP) is 5.81. The first-order valence-corrected chi connectivity index (χ1v) is 10.6. The van der Waals surface area contributed by atoms with Crippen LogP contribution in [-0.2, 0) is 10.0 Å². The summed E-state index contributed by atoms with van der Waals surface area (Å²) in [6.45, 7) is 5.54. The Morgan fingerprint density at radius 1 is 1.14 bits per heavy atom. The van der Waals surface area contributed by atoms with Crippen molar-refractivity contribution in [3.05, 3.63) is 57.6 Å². The highest BCUT2D eigenvalue weighted by Crippen LogP contribution is 2.30. The van der Waals surface area contributed by atoms with E-state index in [0.717, 1.165) is 5.56 Å². The molecule has 0 atom stereocenters. The Kier molecular flexibility index (Phi) is 7.08. The lowest BCUT2D eigenvalue weighted by Crippen LogP contribution is -2.30. The summed E-state index contributed by atoms with van der Waals surface area (Å²) in [6.07, 6.45) is 0. The number of rotatable bonds is 6. The first-order chi connectivity index (χ1) is 13.4. The van der Waals surface area contributed by atoms with Crippen LogP contribution in [0.5, 0.6) is 0 Å². The van der Waals surface area contributed by atoms with Gasteiger partial charge in [0.15, 0.2) is 0 Å². The Hall–Kier alpha value is -1.97. The number of hydrazone groups is 1. The summed E-state index contributed by atoms with van der Waals surface area (Å²) >= 11 is 12.0. The third-order valence-corrected chi connectivity index (χ3v) is 5.72. The van der Waals surface area contributed by atoms with Crippen molar-refractivity contribution in [2.45, 2.75) is 26.3 Å². The maximum absolute atomic E-state index is 12.8. The van der Waals surface area contributed by atoms with Crippen molar-refractivity contribution >= 4 is 50.3 Å². The first kappa shape index (κ1) is 23.3. The number of nitrogens with zero attached hydrogens (tertiary/aromatic N) is 2. The van der Waals surface area contributed by atoms with Crippen molar-refractivity contribution in [3.63, 3.8) is 0 Å². The van der Waals surface area contributed by atoms with Gasteiger partial charge in [0.2, 0.25) is 0 Å². The fourth-order valence-electron chi connectivity index (χ4n) is 2.44. The zero-order chi connectivity index (χ0) is 22.0. The molecule has 29 heavy (non-hydrogen) atoms. The largest absolute Gasteiger partial charge is 0.516 e. The molecule has 0 aromatic heterocycles. The van der Waals surface area contributed by atoms with Crippen LogP contribution in [0.2, 0.25) is 10.0 Å². The molecule has 0 saturated carbocycles. The van der Waals surface area contributed by atoms with Crippen LogP contribution >= 0.6 is 23.2 Å². The standard InChI is InChI=1S/C18H18Cl2F3N3O2S/c1-4-26(13-6-7-15(19)16(20)10-13)24-12(3)14-9-11(2)5-8-17(14)25-29(27,28)18(21,22)23/h5-10,25H,4H2,1-3H3/b24-12+. The number of anilines is 2. The fourth-order valence-corrected chi connectivity index (χ4v) is 3.32. The summed E-state index contributed by atoms with van der Waals surface area (Å²) < 4.78 is 63.0. The average molecular weight is 468 g/mol. The predicted molar refractivity (Wildman–Crippen MR) is 111 cm³/mol. The van der Waals surface area contributed by atoms with E-state index in [9.17, 15) is 21.6 Å². The lowest BCUT2D eigenvalue weighted by Gasteiger charge is -2.20. The monoisotopic (exact) mass is 467 g/mol. The number of hydrogen-bond donors (Lipinski definition) is 1. The number of alkyl halides is 3. The van der Waals surface area contributed by atoms with E-state index in [4.69, 9.17) is 23.2 Å². The molecule has 0 aliphatic carbocycles. The third kappa shape index (κ3) is 5.55. The Balaban J connectivity index is 2.49. The summed E-state index contributed by atoms with van der Waals surface area (Å²) in [5.41, 5.74) is -3.79. The fraction of sp³-hybridized carbons (Fsp3) is 0.278. The van der Waals surface area contributed by atoms with E-state index < -0.39 is 15.5 Å². The van der Waals surface area contributed by atoms with Gasteiger partial charge in [-0.05, 0) is 51.1 Å². The van der Waals surface area contributed by atoms with Crippen LogP contribution in [0.4, 0.5) is 24.5 Å². The summed E-state index contributed by atoms with van der Waals surface area (Å²) in [7, 11) is -5.57. The molecule has 0 unspecified atom stereocenters. The molecular formula is C18H18Cl2F3N3O2S. The molecule has 0 amide bonds. The highest BCUT2D eigenvalue weighted by atomic mass is 35.5. The van der Waals surface area contributed by atoms with Crippen LogP contribution in [-0.4, -0.2) is 26.2 Å². The second-order valence-corrected chi connectivity index (χ2v) is 8.59. The van der Waals surface area contributed by atoms with Gasteiger partial charge in [0, 0.05) is 12.1 Å². The number of sulfonamides is 1. The number of aryl methyl sites for hydroxylation is 1. The first-order valence-electron chi connectivity index (χ1n) is 8.33. The van der Waals surface area contributed by atoms with E-state index in [-0.39, 0.29) is 11.3 Å². The van der Waals surface area contributed by atoms with Crippen molar-refractivity contribution in [1.29, 1.82) is 0 Å². The highest BCUT2D eigenvalue weighted by Gasteiger charge is 2.46. The molecule has 0 saturated heterocycles. The zero-order valence-corrected chi connectivity index (χ0v) is 18.0. The molecule has 0 radical (unpaired) electrons. The van der Waals surface area contributed by atoms with Crippen LogP contribution in [0, 0.1) is 6.92 Å². The molecule has 0 heterocycles. The second-order valence-electron chi connectivity index (χ2n) is 6.10. The molecule has 5 nitrogen and oxygen atoms in total. The molecule has 2 rings (SSSR count). The van der Waals surface area contributed by atoms with Crippen LogP contribution < -0.4 is 9.73 Å². The minimum Gasteiger partial charge on any atom is -0.275 e. The lowest BCUT2D eigenvalue weighted by atomic mass is 10.1. The van der Waals surface area contributed by atoms with Crippen molar-refractivity contribution in [3.8, 4) is 0 Å². The zero-order valence-electron chi connectivity index (χ0n) is 15.7. The maximum Gasteiger partial charge on any atom is 0.516 e. The van der Waals surface area contributed by atoms with Crippen LogP contribution in [0.3, 0.4) is 0 Å². The molecule has 0 aliphatic rings. The quantitative estimate of drug-likeness (QED) is 0.430. The third-order valence-electron chi connectivity index (χ3n) is 3.89. The van der Waals surface area contributed by atoms with E-state index >= 15 is 0 Å². The van der Waals surface area contributed by atoms with Crippen LogP contribution in [0.15, 0.2) is 41.5 Å². The Labute approximate surface area is 177 Å². The molecule has 11 heteroatoms. The Bertz CT molecular complexity index is 1040. The minimum atomic E-state index is -5.57. The van der Waals surface area contributed by atoms with E-state index in [0.29, 0.717) is 28.0 Å². The van der Waals surface area contributed by atoms with Gasteiger partial charge in [0.25, 0.3) is 0 Å². The Morgan fingerprint density at radius 2 is 1.79 bits per heavy atom. The molecule has 2 aromatic rings. The van der Waals surface area contributed by atoms with Crippen molar-refractivity contribution in [2.75, 3.05) is 16.3 Å².